The van der Waals surface area contributed by atoms with E-state index in [1.54, 1.807) is 6.07 Å². The second-order valence-electron chi connectivity index (χ2n) is 4.65. The third-order valence-electron chi connectivity index (χ3n) is 2.54. The highest BCUT2D eigenvalue weighted by atomic mass is 16.5. The molecule has 1 saturated carbocycles. The molecule has 0 atom stereocenters. The highest BCUT2D eigenvalue weighted by Crippen LogP contribution is 2.34. The fourth-order valence-corrected chi connectivity index (χ4v) is 1.76. The molecular weight excluding hydrogens is 188 g/mol. The molecule has 0 aliphatic heterocycles. The molecule has 0 spiro atoms. The van der Waals surface area contributed by atoms with Crippen LogP contribution in [0.5, 0.6) is 11.5 Å². The van der Waals surface area contributed by atoms with E-state index in [2.05, 4.69) is 0 Å². The fraction of sp³-hybridized carbons (Fsp3) is 0.538. The SMILES string of the molecule is CC(C)Oc1cc(O)cc(CC2CC2)c1. The minimum Gasteiger partial charge on any atom is -0.508 e. The lowest BCUT2D eigenvalue weighted by Gasteiger charge is -2.11. The fourth-order valence-electron chi connectivity index (χ4n) is 1.76. The first kappa shape index (κ1) is 10.3. The van der Waals surface area contributed by atoms with Crippen molar-refractivity contribution in [3.05, 3.63) is 23.8 Å². The van der Waals surface area contributed by atoms with Gasteiger partial charge in [-0.2, -0.15) is 0 Å². The van der Waals surface area contributed by atoms with Crippen molar-refractivity contribution >= 4 is 0 Å². The molecule has 0 amide bonds. The summed E-state index contributed by atoms with van der Waals surface area (Å²) in [6, 6.07) is 5.56. The third kappa shape index (κ3) is 3.15. The van der Waals surface area contributed by atoms with E-state index in [4.69, 9.17) is 4.74 Å². The standard InChI is InChI=1S/C13H18O2/c1-9(2)15-13-7-11(5-10-3-4-10)6-12(14)8-13/h6-10,14H,3-5H2,1-2H3. The Morgan fingerprint density at radius 3 is 2.67 bits per heavy atom. The van der Waals surface area contributed by atoms with Crippen molar-refractivity contribution in [3.63, 3.8) is 0 Å². The number of phenolic OH excluding ortho intramolecular Hbond substituents is 1. The van der Waals surface area contributed by atoms with Crippen LogP contribution in [0.15, 0.2) is 18.2 Å². The smallest absolute Gasteiger partial charge is 0.123 e. The van der Waals surface area contributed by atoms with Crippen LogP contribution in [-0.4, -0.2) is 11.2 Å². The number of hydrogen-bond donors (Lipinski definition) is 1. The van der Waals surface area contributed by atoms with E-state index in [0.717, 1.165) is 18.1 Å². The molecule has 15 heavy (non-hydrogen) atoms. The Labute approximate surface area is 90.9 Å². The van der Waals surface area contributed by atoms with Crippen LogP contribution in [0.2, 0.25) is 0 Å². The highest BCUT2D eigenvalue weighted by Gasteiger charge is 2.21. The number of aromatic hydroxyl groups is 1. The number of rotatable bonds is 4. The molecule has 1 aliphatic rings. The normalized spacial score (nSPS) is 15.7. The molecule has 0 saturated heterocycles. The summed E-state index contributed by atoms with van der Waals surface area (Å²) in [4.78, 5) is 0. The van der Waals surface area contributed by atoms with Gasteiger partial charge in [0.05, 0.1) is 6.10 Å². The molecular formula is C13H18O2. The summed E-state index contributed by atoms with van der Waals surface area (Å²) >= 11 is 0. The first-order valence-electron chi connectivity index (χ1n) is 5.63. The number of hydrogen-bond acceptors (Lipinski definition) is 2. The molecule has 82 valence electrons. The Hall–Kier alpha value is -1.18. The summed E-state index contributed by atoms with van der Waals surface area (Å²) in [6.07, 6.45) is 3.88. The van der Waals surface area contributed by atoms with Crippen molar-refractivity contribution in [2.75, 3.05) is 0 Å². The lowest BCUT2D eigenvalue weighted by Crippen LogP contribution is -2.05. The van der Waals surface area contributed by atoms with Crippen molar-refractivity contribution in [3.8, 4) is 11.5 Å². The Bertz CT molecular complexity index is 318. The van der Waals surface area contributed by atoms with Gasteiger partial charge in [-0.25, -0.2) is 0 Å². The van der Waals surface area contributed by atoms with Gasteiger partial charge in [0, 0.05) is 6.07 Å². The average molecular weight is 206 g/mol. The van der Waals surface area contributed by atoms with Crippen LogP contribution < -0.4 is 4.74 Å². The minimum atomic E-state index is 0.153. The number of ether oxygens (including phenoxy) is 1. The third-order valence-corrected chi connectivity index (χ3v) is 2.54. The summed E-state index contributed by atoms with van der Waals surface area (Å²) < 4.78 is 5.58. The monoisotopic (exact) mass is 206 g/mol. The van der Waals surface area contributed by atoms with Crippen molar-refractivity contribution < 1.29 is 9.84 Å². The molecule has 0 heterocycles. The molecule has 2 nitrogen and oxygen atoms in total. The van der Waals surface area contributed by atoms with Crippen LogP contribution in [-0.2, 0) is 6.42 Å². The van der Waals surface area contributed by atoms with E-state index < -0.39 is 0 Å². The molecule has 0 unspecified atom stereocenters. The summed E-state index contributed by atoms with van der Waals surface area (Å²) in [6.45, 7) is 3.98. The van der Waals surface area contributed by atoms with Gasteiger partial charge >= 0.3 is 0 Å². The molecule has 1 aromatic carbocycles. The largest absolute Gasteiger partial charge is 0.508 e. The van der Waals surface area contributed by atoms with Gasteiger partial charge in [0.2, 0.25) is 0 Å². The van der Waals surface area contributed by atoms with Gasteiger partial charge in [-0.1, -0.05) is 0 Å². The lowest BCUT2D eigenvalue weighted by atomic mass is 10.1. The number of phenols is 1. The van der Waals surface area contributed by atoms with Crippen LogP contribution in [0.4, 0.5) is 0 Å². The van der Waals surface area contributed by atoms with Crippen LogP contribution in [0.25, 0.3) is 0 Å². The molecule has 2 heteroatoms. The summed E-state index contributed by atoms with van der Waals surface area (Å²) in [5.74, 6) is 1.92. The van der Waals surface area contributed by atoms with Gasteiger partial charge in [-0.05, 0) is 56.7 Å². The molecule has 1 N–H and O–H groups in total. The van der Waals surface area contributed by atoms with Crippen LogP contribution in [0, 0.1) is 5.92 Å². The van der Waals surface area contributed by atoms with Crippen molar-refractivity contribution in [2.45, 2.75) is 39.2 Å². The van der Waals surface area contributed by atoms with Crippen LogP contribution in [0.3, 0.4) is 0 Å². The predicted octanol–water partition coefficient (Wildman–Crippen LogP) is 3.13. The van der Waals surface area contributed by atoms with Crippen LogP contribution >= 0.6 is 0 Å². The second-order valence-corrected chi connectivity index (χ2v) is 4.65. The molecule has 0 radical (unpaired) electrons. The zero-order valence-electron chi connectivity index (χ0n) is 9.36. The Balaban J connectivity index is 2.11. The predicted molar refractivity (Wildman–Crippen MR) is 60.3 cm³/mol. The van der Waals surface area contributed by atoms with E-state index >= 15 is 0 Å². The maximum absolute atomic E-state index is 9.56. The average Bonchev–Trinajstić information content (AvgIpc) is 2.85. The van der Waals surface area contributed by atoms with Gasteiger partial charge in [-0.15, -0.1) is 0 Å². The summed E-state index contributed by atoms with van der Waals surface area (Å²) in [7, 11) is 0. The summed E-state index contributed by atoms with van der Waals surface area (Å²) in [5, 5.41) is 9.56. The topological polar surface area (TPSA) is 29.5 Å². The zero-order chi connectivity index (χ0) is 10.8. The Morgan fingerprint density at radius 2 is 2.07 bits per heavy atom. The van der Waals surface area contributed by atoms with Crippen molar-refractivity contribution in [1.29, 1.82) is 0 Å². The molecule has 0 aromatic heterocycles. The molecule has 1 fully saturated rings. The minimum absolute atomic E-state index is 0.153. The van der Waals surface area contributed by atoms with Crippen molar-refractivity contribution in [1.82, 2.24) is 0 Å². The summed E-state index contributed by atoms with van der Waals surface area (Å²) in [5.41, 5.74) is 1.19. The molecule has 2 rings (SSSR count). The second kappa shape index (κ2) is 4.13. The van der Waals surface area contributed by atoms with Gasteiger partial charge in [0.25, 0.3) is 0 Å². The Morgan fingerprint density at radius 1 is 1.33 bits per heavy atom. The molecule has 0 bridgehead atoms. The number of benzene rings is 1. The zero-order valence-corrected chi connectivity index (χ0v) is 9.36. The lowest BCUT2D eigenvalue weighted by molar-refractivity contribution is 0.241. The van der Waals surface area contributed by atoms with Gasteiger partial charge in [-0.3, -0.25) is 0 Å². The van der Waals surface area contributed by atoms with E-state index in [0.29, 0.717) is 5.75 Å². The van der Waals surface area contributed by atoms with Gasteiger partial charge < -0.3 is 9.84 Å². The molecule has 1 aliphatic carbocycles. The van der Waals surface area contributed by atoms with Crippen molar-refractivity contribution in [2.24, 2.45) is 5.92 Å². The molecule has 1 aromatic rings. The van der Waals surface area contributed by atoms with E-state index in [1.807, 2.05) is 26.0 Å². The van der Waals surface area contributed by atoms with E-state index in [1.165, 1.54) is 18.4 Å². The highest BCUT2D eigenvalue weighted by molar-refractivity contribution is 5.38. The van der Waals surface area contributed by atoms with Gasteiger partial charge in [0.1, 0.15) is 11.5 Å². The maximum atomic E-state index is 9.56. The quantitative estimate of drug-likeness (QED) is 0.820. The first-order valence-corrected chi connectivity index (χ1v) is 5.63. The van der Waals surface area contributed by atoms with Gasteiger partial charge in [0.15, 0.2) is 0 Å². The Kier molecular flexibility index (Phi) is 2.85. The van der Waals surface area contributed by atoms with E-state index in [-0.39, 0.29) is 6.10 Å². The maximum Gasteiger partial charge on any atom is 0.123 e. The van der Waals surface area contributed by atoms with E-state index in [9.17, 15) is 5.11 Å². The van der Waals surface area contributed by atoms with Crippen LogP contribution in [0.1, 0.15) is 32.3 Å². The first-order chi connectivity index (χ1) is 7.13.